The average Bonchev–Trinajstić information content (AvgIpc) is 2.70. The molecule has 2 heteroatoms. The molecule has 1 atom stereocenters. The normalized spacial score (nSPS) is 17.9. The largest absolute Gasteiger partial charge is 0.349 e. The molecule has 0 aliphatic heterocycles. The third-order valence-corrected chi connectivity index (χ3v) is 3.04. The van der Waals surface area contributed by atoms with Crippen molar-refractivity contribution in [3.05, 3.63) is 48.0 Å². The Bertz CT molecular complexity index is 397. The Morgan fingerprint density at radius 2 is 2.31 bits per heavy atom. The highest BCUT2D eigenvalue weighted by Gasteiger charge is 2.22. The van der Waals surface area contributed by atoms with Crippen molar-refractivity contribution in [2.45, 2.75) is 31.7 Å². The minimum Gasteiger partial charge on any atom is -0.349 e. The van der Waals surface area contributed by atoms with Gasteiger partial charge >= 0.3 is 0 Å². The molecule has 0 heterocycles. The van der Waals surface area contributed by atoms with Crippen LogP contribution in [0.25, 0.3) is 0 Å². The summed E-state index contributed by atoms with van der Waals surface area (Å²) < 4.78 is 0. The van der Waals surface area contributed by atoms with E-state index in [9.17, 15) is 4.79 Å². The summed E-state index contributed by atoms with van der Waals surface area (Å²) in [5.41, 5.74) is 2.66. The summed E-state index contributed by atoms with van der Waals surface area (Å²) in [6.07, 6.45) is 5.17. The zero-order valence-corrected chi connectivity index (χ0v) is 9.41. The number of amides is 1. The van der Waals surface area contributed by atoms with E-state index in [2.05, 4.69) is 30.1 Å². The highest BCUT2D eigenvalue weighted by atomic mass is 16.1. The number of nitrogens with one attached hydrogen (secondary N) is 1. The summed E-state index contributed by atoms with van der Waals surface area (Å²) in [7, 11) is 0. The van der Waals surface area contributed by atoms with Crippen LogP contribution in [0.4, 0.5) is 0 Å². The minimum absolute atomic E-state index is 0.126. The summed E-state index contributed by atoms with van der Waals surface area (Å²) >= 11 is 0. The molecule has 1 amide bonds. The summed E-state index contributed by atoms with van der Waals surface area (Å²) in [6, 6.07) is 8.56. The van der Waals surface area contributed by atoms with E-state index >= 15 is 0 Å². The van der Waals surface area contributed by atoms with Crippen molar-refractivity contribution >= 4 is 5.91 Å². The zero-order valence-electron chi connectivity index (χ0n) is 9.41. The van der Waals surface area contributed by atoms with Crippen LogP contribution in [-0.4, -0.2) is 5.91 Å². The summed E-state index contributed by atoms with van der Waals surface area (Å²) in [5.74, 6) is 0.126. The maximum atomic E-state index is 11.6. The van der Waals surface area contributed by atoms with E-state index in [1.54, 1.807) is 6.08 Å². The number of benzene rings is 1. The van der Waals surface area contributed by atoms with Crippen LogP contribution < -0.4 is 5.32 Å². The first-order valence-corrected chi connectivity index (χ1v) is 5.79. The Hall–Kier alpha value is -1.57. The number of hydrogen-bond donors (Lipinski definition) is 1. The highest BCUT2D eigenvalue weighted by Crippen LogP contribution is 2.30. The number of aryl methyl sites for hydroxylation is 1. The Morgan fingerprint density at radius 3 is 3.12 bits per heavy atom. The van der Waals surface area contributed by atoms with Gasteiger partial charge in [0.25, 0.3) is 0 Å². The molecule has 1 aromatic rings. The number of fused-ring (bicyclic) bond motifs is 1. The van der Waals surface area contributed by atoms with E-state index in [4.69, 9.17) is 0 Å². The summed E-state index contributed by atoms with van der Waals surface area (Å²) in [5, 5.41) is 3.08. The fourth-order valence-electron chi connectivity index (χ4n) is 2.21. The number of carbonyl (C=O) groups is 1. The zero-order chi connectivity index (χ0) is 11.4. The first kappa shape index (κ1) is 10.9. The van der Waals surface area contributed by atoms with E-state index in [0.717, 1.165) is 19.3 Å². The molecule has 84 valence electrons. The van der Waals surface area contributed by atoms with E-state index in [0.29, 0.717) is 6.42 Å². The highest BCUT2D eigenvalue weighted by molar-refractivity contribution is 5.76. The standard InChI is InChI=1S/C14H17NO/c1-2-3-8-14(16)15-13-10-9-11-6-4-5-7-12(11)13/h2,4-7,13H,1,3,8-10H2,(H,15,16)/t13-/m1/s1. The summed E-state index contributed by atoms with van der Waals surface area (Å²) in [4.78, 5) is 11.6. The predicted octanol–water partition coefficient (Wildman–Crippen LogP) is 2.76. The Kier molecular flexibility index (Phi) is 3.40. The molecule has 0 spiro atoms. The smallest absolute Gasteiger partial charge is 0.220 e. The third kappa shape index (κ3) is 2.32. The van der Waals surface area contributed by atoms with E-state index in [1.807, 2.05) is 6.07 Å². The van der Waals surface area contributed by atoms with Crippen LogP contribution in [-0.2, 0) is 11.2 Å². The molecule has 1 aliphatic rings. The third-order valence-electron chi connectivity index (χ3n) is 3.04. The topological polar surface area (TPSA) is 29.1 Å². The van der Waals surface area contributed by atoms with Gasteiger partial charge in [-0.05, 0) is 30.4 Å². The van der Waals surface area contributed by atoms with Gasteiger partial charge in [-0.15, -0.1) is 6.58 Å². The molecular weight excluding hydrogens is 198 g/mol. The van der Waals surface area contributed by atoms with Gasteiger partial charge in [0.05, 0.1) is 6.04 Å². The lowest BCUT2D eigenvalue weighted by Crippen LogP contribution is -2.26. The quantitative estimate of drug-likeness (QED) is 0.769. The van der Waals surface area contributed by atoms with Gasteiger partial charge in [0.1, 0.15) is 0 Å². The Labute approximate surface area is 96.4 Å². The van der Waals surface area contributed by atoms with Gasteiger partial charge in [0.15, 0.2) is 0 Å². The molecule has 1 aliphatic carbocycles. The maximum absolute atomic E-state index is 11.6. The lowest BCUT2D eigenvalue weighted by molar-refractivity contribution is -0.121. The van der Waals surface area contributed by atoms with Crippen LogP contribution in [0.3, 0.4) is 0 Å². The van der Waals surface area contributed by atoms with Crippen LogP contribution in [0.2, 0.25) is 0 Å². The van der Waals surface area contributed by atoms with Crippen molar-refractivity contribution in [3.8, 4) is 0 Å². The molecule has 0 saturated carbocycles. The van der Waals surface area contributed by atoms with Crippen molar-refractivity contribution in [2.75, 3.05) is 0 Å². The number of allylic oxidation sites excluding steroid dienone is 1. The maximum Gasteiger partial charge on any atom is 0.220 e. The van der Waals surface area contributed by atoms with Gasteiger partial charge in [-0.1, -0.05) is 30.3 Å². The fourth-order valence-corrected chi connectivity index (χ4v) is 2.21. The van der Waals surface area contributed by atoms with Crippen molar-refractivity contribution in [1.29, 1.82) is 0 Å². The molecule has 0 radical (unpaired) electrons. The van der Waals surface area contributed by atoms with Crippen LogP contribution >= 0.6 is 0 Å². The second kappa shape index (κ2) is 4.97. The molecular formula is C14H17NO. The molecule has 1 aromatic carbocycles. The van der Waals surface area contributed by atoms with E-state index in [-0.39, 0.29) is 11.9 Å². The molecule has 2 rings (SSSR count). The molecule has 0 saturated heterocycles. The molecule has 0 aromatic heterocycles. The molecule has 0 bridgehead atoms. The number of carbonyl (C=O) groups excluding carboxylic acids is 1. The first-order chi connectivity index (χ1) is 7.81. The van der Waals surface area contributed by atoms with Crippen molar-refractivity contribution in [2.24, 2.45) is 0 Å². The first-order valence-electron chi connectivity index (χ1n) is 5.79. The van der Waals surface area contributed by atoms with Crippen LogP contribution in [0, 0.1) is 0 Å². The summed E-state index contributed by atoms with van der Waals surface area (Å²) in [6.45, 7) is 3.62. The van der Waals surface area contributed by atoms with Crippen molar-refractivity contribution < 1.29 is 4.79 Å². The fraction of sp³-hybridized carbons (Fsp3) is 0.357. The molecule has 0 fully saturated rings. The molecule has 2 nitrogen and oxygen atoms in total. The van der Waals surface area contributed by atoms with Gasteiger partial charge in [-0.2, -0.15) is 0 Å². The van der Waals surface area contributed by atoms with Crippen LogP contribution in [0.5, 0.6) is 0 Å². The second-order valence-corrected chi connectivity index (χ2v) is 4.18. The lowest BCUT2D eigenvalue weighted by atomic mass is 10.1. The van der Waals surface area contributed by atoms with E-state index in [1.165, 1.54) is 11.1 Å². The lowest BCUT2D eigenvalue weighted by Gasteiger charge is -2.13. The van der Waals surface area contributed by atoms with Crippen LogP contribution in [0.15, 0.2) is 36.9 Å². The number of rotatable bonds is 4. The van der Waals surface area contributed by atoms with Gasteiger partial charge in [0, 0.05) is 6.42 Å². The van der Waals surface area contributed by atoms with Crippen LogP contribution in [0.1, 0.15) is 36.4 Å². The predicted molar refractivity (Wildman–Crippen MR) is 65.1 cm³/mol. The van der Waals surface area contributed by atoms with Crippen molar-refractivity contribution in [1.82, 2.24) is 5.32 Å². The second-order valence-electron chi connectivity index (χ2n) is 4.18. The Morgan fingerprint density at radius 1 is 1.50 bits per heavy atom. The number of hydrogen-bond acceptors (Lipinski definition) is 1. The van der Waals surface area contributed by atoms with Gasteiger partial charge in [-0.3, -0.25) is 4.79 Å². The van der Waals surface area contributed by atoms with Gasteiger partial charge < -0.3 is 5.32 Å². The van der Waals surface area contributed by atoms with Crippen molar-refractivity contribution in [3.63, 3.8) is 0 Å². The van der Waals surface area contributed by atoms with E-state index < -0.39 is 0 Å². The molecule has 16 heavy (non-hydrogen) atoms. The average molecular weight is 215 g/mol. The SMILES string of the molecule is C=CCCC(=O)N[C@@H]1CCc2ccccc21. The van der Waals surface area contributed by atoms with Gasteiger partial charge in [-0.25, -0.2) is 0 Å². The molecule has 0 unspecified atom stereocenters. The monoisotopic (exact) mass is 215 g/mol. The van der Waals surface area contributed by atoms with Gasteiger partial charge in [0.2, 0.25) is 5.91 Å². The Balaban J connectivity index is 1.98. The molecule has 1 N–H and O–H groups in total. The minimum atomic E-state index is 0.126.